The molecule has 0 aliphatic heterocycles. The fourth-order valence-electron chi connectivity index (χ4n) is 6.01. The van der Waals surface area contributed by atoms with Crippen molar-refractivity contribution in [2.45, 2.75) is 98.3 Å². The van der Waals surface area contributed by atoms with Gasteiger partial charge in [-0.2, -0.15) is 0 Å². The molecule has 0 saturated heterocycles. The molecule has 0 saturated carbocycles. The first-order valence-corrected chi connectivity index (χ1v) is 17.0. The predicted octanol–water partition coefficient (Wildman–Crippen LogP) is 9.21. The van der Waals surface area contributed by atoms with E-state index in [0.29, 0.717) is 19.8 Å². The molecule has 0 fully saturated rings. The minimum Gasteiger partial charge on any atom is -0.370 e. The average Bonchev–Trinajstić information content (AvgIpc) is 3.24. The molecule has 0 aromatic heterocycles. The molecule has 1 aliphatic rings. The van der Waals surface area contributed by atoms with Crippen molar-refractivity contribution in [3.8, 4) is 22.3 Å². The second-order valence-electron chi connectivity index (χ2n) is 10.6. The van der Waals surface area contributed by atoms with E-state index >= 15 is 0 Å². The number of unbranched alkanes of at least 4 members (excludes halogenated alkanes) is 9. The van der Waals surface area contributed by atoms with Crippen molar-refractivity contribution in [3.05, 3.63) is 54.1 Å². The van der Waals surface area contributed by atoms with Crippen LogP contribution in [-0.2, 0) is 19.7 Å². The van der Waals surface area contributed by atoms with Crippen LogP contribution in [0.25, 0.3) is 33.0 Å². The molecule has 0 heterocycles. The third kappa shape index (κ3) is 6.59. The molecule has 3 aromatic rings. The number of benzene rings is 3. The molecule has 0 amide bonds. The summed E-state index contributed by atoms with van der Waals surface area (Å²) >= 11 is 0. The summed E-state index contributed by atoms with van der Waals surface area (Å²) in [4.78, 5) is 0. The Labute approximate surface area is 232 Å². The third-order valence-electron chi connectivity index (χ3n) is 7.82. The van der Waals surface area contributed by atoms with Gasteiger partial charge in [-0.1, -0.05) is 101 Å². The number of hydrogen-bond donors (Lipinski definition) is 0. The van der Waals surface area contributed by atoms with Gasteiger partial charge in [-0.25, -0.2) is 0 Å². The van der Waals surface area contributed by atoms with Gasteiger partial charge in [0.1, 0.15) is 0 Å². The van der Waals surface area contributed by atoms with Gasteiger partial charge in [0.2, 0.25) is 0 Å². The molecular weight excluding hydrogens is 484 g/mol. The minimum absolute atomic E-state index is 0.569. The van der Waals surface area contributed by atoms with E-state index in [0.717, 1.165) is 11.6 Å². The van der Waals surface area contributed by atoms with Crippen molar-refractivity contribution in [1.82, 2.24) is 0 Å². The van der Waals surface area contributed by atoms with E-state index in [-0.39, 0.29) is 0 Å². The summed E-state index contributed by atoms with van der Waals surface area (Å²) in [6.45, 7) is 10.1. The zero-order chi connectivity index (χ0) is 26.8. The Hall–Kier alpha value is -1.98. The number of rotatable bonds is 18. The van der Waals surface area contributed by atoms with Crippen molar-refractivity contribution in [1.29, 1.82) is 0 Å². The normalized spacial score (nSPS) is 12.4. The third-order valence-corrected chi connectivity index (χ3v) is 10.8. The van der Waals surface area contributed by atoms with Crippen molar-refractivity contribution in [3.63, 3.8) is 0 Å². The van der Waals surface area contributed by atoms with Gasteiger partial charge in [0.15, 0.2) is 0 Å². The van der Waals surface area contributed by atoms with E-state index in [4.69, 9.17) is 13.3 Å². The largest absolute Gasteiger partial charge is 0.537 e. The van der Waals surface area contributed by atoms with Crippen LogP contribution in [0.4, 0.5) is 0 Å². The molecule has 206 valence electrons. The van der Waals surface area contributed by atoms with Crippen LogP contribution in [0.15, 0.2) is 48.5 Å². The molecule has 1 aliphatic carbocycles. The highest BCUT2D eigenvalue weighted by Gasteiger charge is 2.44. The summed E-state index contributed by atoms with van der Waals surface area (Å²) in [6.07, 6.45) is 14.9. The lowest BCUT2D eigenvalue weighted by Gasteiger charge is -2.29. The smallest absolute Gasteiger partial charge is 0.370 e. The summed E-state index contributed by atoms with van der Waals surface area (Å²) < 4.78 is 18.9. The molecule has 3 aromatic carbocycles. The SMILES string of the molecule is CCCCCCCCCCCCc1ccc2c(c1)-c1cc([Si](OCC)(OCC)OCC)cc3cccc-2c13. The molecule has 0 spiro atoms. The number of aryl methyl sites for hydroxylation is 1. The fourth-order valence-corrected chi connectivity index (χ4v) is 8.55. The Bertz CT molecular complexity index is 1150. The first kappa shape index (κ1) is 29.0. The number of hydrogen-bond acceptors (Lipinski definition) is 3. The zero-order valence-electron chi connectivity index (χ0n) is 24.2. The lowest BCUT2D eigenvalue weighted by Crippen LogP contribution is -2.56. The molecule has 0 bridgehead atoms. The molecule has 0 radical (unpaired) electrons. The molecule has 4 rings (SSSR count). The Balaban J connectivity index is 1.50. The van der Waals surface area contributed by atoms with Gasteiger partial charge in [0.25, 0.3) is 0 Å². The van der Waals surface area contributed by atoms with Gasteiger partial charge in [0.05, 0.1) is 0 Å². The Morgan fingerprint density at radius 2 is 1.18 bits per heavy atom. The quantitative estimate of drug-likeness (QED) is 0.0944. The van der Waals surface area contributed by atoms with Crippen molar-refractivity contribution >= 4 is 24.8 Å². The average molecular weight is 533 g/mol. The van der Waals surface area contributed by atoms with Gasteiger partial charge in [-0.05, 0) is 84.3 Å². The second-order valence-corrected chi connectivity index (χ2v) is 13.2. The Kier molecular flexibility index (Phi) is 11.0. The topological polar surface area (TPSA) is 27.7 Å². The maximum Gasteiger partial charge on any atom is 0.537 e. The zero-order valence-corrected chi connectivity index (χ0v) is 25.2. The Morgan fingerprint density at radius 3 is 1.82 bits per heavy atom. The summed E-state index contributed by atoms with van der Waals surface area (Å²) in [5, 5.41) is 3.64. The summed E-state index contributed by atoms with van der Waals surface area (Å²) in [7, 11) is -3.00. The second kappa shape index (κ2) is 14.4. The van der Waals surface area contributed by atoms with Gasteiger partial charge in [0, 0.05) is 25.0 Å². The van der Waals surface area contributed by atoms with E-state index in [9.17, 15) is 0 Å². The summed E-state index contributed by atoms with van der Waals surface area (Å²) in [5.74, 6) is 0. The number of fused-ring (bicyclic) bond motifs is 3. The summed E-state index contributed by atoms with van der Waals surface area (Å²) in [5.41, 5.74) is 6.75. The predicted molar refractivity (Wildman–Crippen MR) is 164 cm³/mol. The maximum absolute atomic E-state index is 6.29. The van der Waals surface area contributed by atoms with E-state index in [1.165, 1.54) is 103 Å². The van der Waals surface area contributed by atoms with Crippen LogP contribution >= 0.6 is 0 Å². The van der Waals surface area contributed by atoms with Crippen LogP contribution in [0, 0.1) is 0 Å². The van der Waals surface area contributed by atoms with Gasteiger partial charge < -0.3 is 13.3 Å². The van der Waals surface area contributed by atoms with Crippen LogP contribution in [0.2, 0.25) is 0 Å². The van der Waals surface area contributed by atoms with Crippen molar-refractivity contribution in [2.24, 2.45) is 0 Å². The Morgan fingerprint density at radius 1 is 0.553 bits per heavy atom. The molecule has 0 N–H and O–H groups in total. The first-order chi connectivity index (χ1) is 18.7. The lowest BCUT2D eigenvalue weighted by molar-refractivity contribution is 0.0859. The van der Waals surface area contributed by atoms with Gasteiger partial charge in [-0.3, -0.25) is 0 Å². The van der Waals surface area contributed by atoms with Crippen molar-refractivity contribution < 1.29 is 13.3 Å². The molecule has 3 nitrogen and oxygen atoms in total. The van der Waals surface area contributed by atoms with Crippen molar-refractivity contribution in [2.75, 3.05) is 19.8 Å². The molecule has 0 atom stereocenters. The molecular formula is C34H48O3Si. The molecule has 38 heavy (non-hydrogen) atoms. The van der Waals surface area contributed by atoms with E-state index in [2.05, 4.69) is 55.5 Å². The van der Waals surface area contributed by atoms with E-state index in [1.54, 1.807) is 0 Å². The standard InChI is InChI=1S/C34H48O3Si/c1-5-9-10-11-12-13-14-15-16-17-19-27-22-23-30-31-21-18-20-28-25-29(26-33(34(28)31)32(30)24-27)38(35-6-2,36-7-3)37-8-4/h18,20-26H,5-17,19H2,1-4H3. The van der Waals surface area contributed by atoms with E-state index < -0.39 is 8.80 Å². The first-order valence-electron chi connectivity index (χ1n) is 15.3. The van der Waals surface area contributed by atoms with Crippen LogP contribution in [0.3, 0.4) is 0 Å². The summed E-state index contributed by atoms with van der Waals surface area (Å²) in [6, 6.07) is 18.3. The highest BCUT2D eigenvalue weighted by molar-refractivity contribution is 6.75. The lowest BCUT2D eigenvalue weighted by atomic mass is 9.98. The molecule has 0 unspecified atom stereocenters. The highest BCUT2D eigenvalue weighted by atomic mass is 28.4. The van der Waals surface area contributed by atoms with Gasteiger partial charge in [-0.15, -0.1) is 0 Å². The highest BCUT2D eigenvalue weighted by Crippen LogP contribution is 2.47. The van der Waals surface area contributed by atoms with Crippen LogP contribution in [-0.4, -0.2) is 28.6 Å². The van der Waals surface area contributed by atoms with E-state index in [1.807, 2.05) is 20.8 Å². The van der Waals surface area contributed by atoms with Crippen LogP contribution in [0.1, 0.15) is 97.5 Å². The fraction of sp³-hybridized carbons (Fsp3) is 0.529. The minimum atomic E-state index is -3.00. The van der Waals surface area contributed by atoms with Gasteiger partial charge >= 0.3 is 8.80 Å². The monoisotopic (exact) mass is 532 g/mol. The maximum atomic E-state index is 6.29. The molecule has 4 heteroatoms. The van der Waals surface area contributed by atoms with Crippen LogP contribution < -0.4 is 5.19 Å². The van der Waals surface area contributed by atoms with Crippen LogP contribution in [0.5, 0.6) is 0 Å².